The van der Waals surface area contributed by atoms with Gasteiger partial charge < -0.3 is 19.5 Å². The van der Waals surface area contributed by atoms with E-state index in [1.54, 1.807) is 6.20 Å². The molecule has 1 N–H and O–H groups in total. The van der Waals surface area contributed by atoms with Crippen molar-refractivity contribution in [1.82, 2.24) is 9.88 Å². The van der Waals surface area contributed by atoms with Gasteiger partial charge in [0.25, 0.3) is 0 Å². The number of carbonyl (C=O) groups excluding carboxylic acids is 1. The van der Waals surface area contributed by atoms with E-state index in [0.717, 1.165) is 25.1 Å². The van der Waals surface area contributed by atoms with Gasteiger partial charge in [-0.25, -0.2) is 4.79 Å². The molecule has 1 aromatic rings. The fourth-order valence-electron chi connectivity index (χ4n) is 3.48. The van der Waals surface area contributed by atoms with Crippen molar-refractivity contribution in [1.29, 1.82) is 0 Å². The number of nitrogens with zero attached hydrogens (tertiary/aromatic N) is 2. The molecule has 1 aliphatic heterocycles. The molecule has 2 fully saturated rings. The molecule has 0 radical (unpaired) electrons. The van der Waals surface area contributed by atoms with E-state index < -0.39 is 12.1 Å². The third-order valence-electron chi connectivity index (χ3n) is 4.80. The zero-order chi connectivity index (χ0) is 22.3. The number of hydrogen-bond donors (Lipinski definition) is 1. The van der Waals surface area contributed by atoms with Crippen molar-refractivity contribution in [2.45, 2.75) is 57.5 Å². The first kappa shape index (κ1) is 24.1. The van der Waals surface area contributed by atoms with E-state index in [9.17, 15) is 18.0 Å². The normalized spacial score (nSPS) is 23.5. The van der Waals surface area contributed by atoms with Gasteiger partial charge in [-0.3, -0.25) is 9.78 Å². The topological polar surface area (TPSA) is 89.0 Å². The Hall–Kier alpha value is -2.20. The van der Waals surface area contributed by atoms with Gasteiger partial charge in [0.05, 0.1) is 25.2 Å². The Kier molecular flexibility index (Phi) is 8.60. The van der Waals surface area contributed by atoms with Gasteiger partial charge in [-0.05, 0) is 30.9 Å². The van der Waals surface area contributed by atoms with E-state index >= 15 is 0 Å². The number of aromatic nitrogens is 1. The number of carboxylic acid groups (broad SMARTS) is 1. The van der Waals surface area contributed by atoms with Gasteiger partial charge in [-0.2, -0.15) is 13.2 Å². The third kappa shape index (κ3) is 6.94. The number of amides is 1. The predicted molar refractivity (Wildman–Crippen MR) is 101 cm³/mol. The predicted octanol–water partition coefficient (Wildman–Crippen LogP) is 2.69. The Balaban J connectivity index is 0.000000396. The molecule has 2 aliphatic rings. The summed E-state index contributed by atoms with van der Waals surface area (Å²) >= 11 is 0. The van der Waals surface area contributed by atoms with Crippen LogP contribution in [0.25, 0.3) is 0 Å². The van der Waals surface area contributed by atoms with Crippen molar-refractivity contribution in [3.8, 4) is 0 Å². The third-order valence-corrected chi connectivity index (χ3v) is 4.80. The summed E-state index contributed by atoms with van der Waals surface area (Å²) in [7, 11) is 0. The largest absolute Gasteiger partial charge is 0.490 e. The SMILES string of the molecule is CC(C)CO[C@@H]1CC[C@H]2[C@H]1OCCN2C(=O)Cc1ccccn1.O=C(O)C(F)(F)F. The Morgan fingerprint density at radius 2 is 2.03 bits per heavy atom. The van der Waals surface area contributed by atoms with Gasteiger partial charge in [0, 0.05) is 25.0 Å². The van der Waals surface area contributed by atoms with Crippen molar-refractivity contribution in [2.75, 3.05) is 19.8 Å². The van der Waals surface area contributed by atoms with Crippen LogP contribution < -0.4 is 0 Å². The van der Waals surface area contributed by atoms with Crippen LogP contribution >= 0.6 is 0 Å². The molecule has 1 saturated carbocycles. The van der Waals surface area contributed by atoms with Crippen molar-refractivity contribution < 1.29 is 37.3 Å². The highest BCUT2D eigenvalue weighted by Crippen LogP contribution is 2.32. The number of fused-ring (bicyclic) bond motifs is 1. The summed E-state index contributed by atoms with van der Waals surface area (Å²) in [6.45, 7) is 6.31. The molecule has 1 aromatic heterocycles. The molecule has 1 amide bonds. The molecule has 30 heavy (non-hydrogen) atoms. The molecular formula is C20H27F3N2O5. The molecule has 1 aliphatic carbocycles. The number of pyridine rings is 1. The molecule has 10 heteroatoms. The summed E-state index contributed by atoms with van der Waals surface area (Å²) in [6, 6.07) is 5.84. The number of rotatable bonds is 5. The fraction of sp³-hybridized carbons (Fsp3) is 0.650. The highest BCUT2D eigenvalue weighted by Gasteiger charge is 2.45. The molecule has 3 rings (SSSR count). The monoisotopic (exact) mass is 432 g/mol. The molecule has 2 heterocycles. The van der Waals surface area contributed by atoms with Crippen molar-refractivity contribution in [2.24, 2.45) is 5.92 Å². The van der Waals surface area contributed by atoms with Crippen LogP contribution in [0.5, 0.6) is 0 Å². The number of carbonyl (C=O) groups is 2. The minimum Gasteiger partial charge on any atom is -0.475 e. The number of hydrogen-bond acceptors (Lipinski definition) is 5. The first-order valence-electron chi connectivity index (χ1n) is 9.82. The Bertz CT molecular complexity index is 699. The van der Waals surface area contributed by atoms with Gasteiger partial charge in [-0.15, -0.1) is 0 Å². The maximum atomic E-state index is 12.7. The van der Waals surface area contributed by atoms with Crippen LogP contribution in [0.1, 0.15) is 32.4 Å². The second kappa shape index (κ2) is 10.7. The smallest absolute Gasteiger partial charge is 0.475 e. The van der Waals surface area contributed by atoms with Crippen LogP contribution in [-0.2, 0) is 25.5 Å². The Morgan fingerprint density at radius 1 is 1.33 bits per heavy atom. The Labute approximate surface area is 173 Å². The lowest BCUT2D eigenvalue weighted by Gasteiger charge is -2.39. The van der Waals surface area contributed by atoms with Crippen molar-refractivity contribution in [3.63, 3.8) is 0 Å². The van der Waals surface area contributed by atoms with E-state index in [-0.39, 0.29) is 24.2 Å². The molecule has 0 spiro atoms. The summed E-state index contributed by atoms with van der Waals surface area (Å²) in [6.07, 6.45) is -0.919. The molecule has 7 nitrogen and oxygen atoms in total. The lowest BCUT2D eigenvalue weighted by Crippen LogP contribution is -2.54. The molecule has 0 bridgehead atoms. The number of carboxylic acids is 1. The van der Waals surface area contributed by atoms with Crippen LogP contribution in [-0.4, -0.2) is 71.1 Å². The number of halogens is 3. The van der Waals surface area contributed by atoms with Crippen LogP contribution in [0.4, 0.5) is 13.2 Å². The standard InChI is InChI=1S/C18H26N2O3.C2HF3O2/c1-13(2)12-23-16-7-6-15-18(16)22-10-9-20(15)17(21)11-14-5-3-4-8-19-14;3-2(4,5)1(6)7/h3-5,8,13,15-16,18H,6-7,9-12H2,1-2H3;(H,6,7)/t15-,16+,18+;/m0./s1. The average molecular weight is 432 g/mol. The first-order valence-corrected chi connectivity index (χ1v) is 9.82. The molecule has 168 valence electrons. The van der Waals surface area contributed by atoms with Crippen LogP contribution in [0.15, 0.2) is 24.4 Å². The summed E-state index contributed by atoms with van der Waals surface area (Å²) in [5.41, 5.74) is 0.825. The first-order chi connectivity index (χ1) is 14.1. The van der Waals surface area contributed by atoms with E-state index in [1.807, 2.05) is 23.1 Å². The number of ether oxygens (including phenoxy) is 2. The van der Waals surface area contributed by atoms with Crippen LogP contribution in [0.2, 0.25) is 0 Å². The lowest BCUT2D eigenvalue weighted by atomic mass is 10.1. The quantitative estimate of drug-likeness (QED) is 0.770. The van der Waals surface area contributed by atoms with E-state index in [4.69, 9.17) is 19.4 Å². The summed E-state index contributed by atoms with van der Waals surface area (Å²) in [5.74, 6) is -2.10. The van der Waals surface area contributed by atoms with Gasteiger partial charge in [0.15, 0.2) is 0 Å². The second-order valence-electron chi connectivity index (χ2n) is 7.63. The minimum absolute atomic E-state index is 0.0233. The van der Waals surface area contributed by atoms with Crippen LogP contribution in [0, 0.1) is 5.92 Å². The van der Waals surface area contributed by atoms with E-state index in [1.165, 1.54) is 0 Å². The zero-order valence-electron chi connectivity index (χ0n) is 17.0. The maximum Gasteiger partial charge on any atom is 0.490 e. The summed E-state index contributed by atoms with van der Waals surface area (Å²) in [5, 5.41) is 7.12. The van der Waals surface area contributed by atoms with Gasteiger partial charge in [-0.1, -0.05) is 19.9 Å². The maximum absolute atomic E-state index is 12.7. The van der Waals surface area contributed by atoms with Crippen molar-refractivity contribution in [3.05, 3.63) is 30.1 Å². The zero-order valence-corrected chi connectivity index (χ0v) is 17.0. The van der Waals surface area contributed by atoms with Gasteiger partial charge in [0.1, 0.15) is 6.10 Å². The van der Waals surface area contributed by atoms with Gasteiger partial charge in [0.2, 0.25) is 5.91 Å². The van der Waals surface area contributed by atoms with E-state index in [0.29, 0.717) is 25.5 Å². The molecule has 0 aromatic carbocycles. The van der Waals surface area contributed by atoms with Crippen molar-refractivity contribution >= 4 is 11.9 Å². The number of alkyl halides is 3. The Morgan fingerprint density at radius 3 is 2.60 bits per heavy atom. The number of aliphatic carboxylic acids is 1. The molecule has 0 unspecified atom stereocenters. The highest BCUT2D eigenvalue weighted by atomic mass is 19.4. The second-order valence-corrected chi connectivity index (χ2v) is 7.63. The van der Waals surface area contributed by atoms with Gasteiger partial charge >= 0.3 is 12.1 Å². The summed E-state index contributed by atoms with van der Waals surface area (Å²) < 4.78 is 43.7. The van der Waals surface area contributed by atoms with E-state index in [2.05, 4.69) is 18.8 Å². The number of morpholine rings is 1. The molecule has 3 atom stereocenters. The summed E-state index contributed by atoms with van der Waals surface area (Å²) in [4.78, 5) is 27.8. The molecule has 1 saturated heterocycles. The lowest BCUT2D eigenvalue weighted by molar-refractivity contribution is -0.192. The molecular weight excluding hydrogens is 405 g/mol. The minimum atomic E-state index is -5.08. The highest BCUT2D eigenvalue weighted by molar-refractivity contribution is 5.79. The van der Waals surface area contributed by atoms with Crippen LogP contribution in [0.3, 0.4) is 0 Å². The fourth-order valence-corrected chi connectivity index (χ4v) is 3.48. The average Bonchev–Trinajstić information content (AvgIpc) is 3.10.